The van der Waals surface area contributed by atoms with Gasteiger partial charge in [0.2, 0.25) is 0 Å². The summed E-state index contributed by atoms with van der Waals surface area (Å²) in [4.78, 5) is 16.3. The number of amides is 1. The molecule has 21 heavy (non-hydrogen) atoms. The van der Waals surface area contributed by atoms with Gasteiger partial charge in [-0.2, -0.15) is 0 Å². The minimum atomic E-state index is -0.123. The van der Waals surface area contributed by atoms with Crippen LogP contribution in [0.3, 0.4) is 0 Å². The van der Waals surface area contributed by atoms with Crippen molar-refractivity contribution in [3.63, 3.8) is 0 Å². The summed E-state index contributed by atoms with van der Waals surface area (Å²) in [5.41, 5.74) is 3.41. The quantitative estimate of drug-likeness (QED) is 0.797. The molecule has 2 aromatic carbocycles. The van der Waals surface area contributed by atoms with Crippen molar-refractivity contribution in [3.8, 4) is 5.69 Å². The minimum Gasteiger partial charge on any atom is -0.320 e. The number of anilines is 1. The molecular formula is C17H15N3O. The van der Waals surface area contributed by atoms with Crippen molar-refractivity contribution < 1.29 is 4.79 Å². The summed E-state index contributed by atoms with van der Waals surface area (Å²) in [7, 11) is 0. The highest BCUT2D eigenvalue weighted by molar-refractivity contribution is 6.05. The zero-order valence-electron chi connectivity index (χ0n) is 11.7. The number of hydrogen-bond donors (Lipinski definition) is 1. The zero-order valence-corrected chi connectivity index (χ0v) is 11.7. The first-order valence-electron chi connectivity index (χ1n) is 6.69. The molecule has 3 aromatic rings. The van der Waals surface area contributed by atoms with Gasteiger partial charge in [0, 0.05) is 18.0 Å². The molecule has 0 aliphatic heterocycles. The second-order valence-electron chi connectivity index (χ2n) is 4.81. The molecule has 3 rings (SSSR count). The Kier molecular flexibility index (Phi) is 3.51. The lowest BCUT2D eigenvalue weighted by molar-refractivity contribution is 0.102. The molecule has 0 saturated heterocycles. The van der Waals surface area contributed by atoms with Crippen LogP contribution in [0, 0.1) is 6.92 Å². The summed E-state index contributed by atoms with van der Waals surface area (Å²) in [5.74, 6) is -0.123. The molecule has 4 heteroatoms. The largest absolute Gasteiger partial charge is 0.320 e. The number of nitrogens with one attached hydrogen (secondary N) is 1. The lowest BCUT2D eigenvalue weighted by Crippen LogP contribution is -2.13. The monoisotopic (exact) mass is 277 g/mol. The molecule has 0 aliphatic carbocycles. The van der Waals surface area contributed by atoms with Crippen LogP contribution in [0.4, 0.5) is 5.69 Å². The predicted octanol–water partition coefficient (Wildman–Crippen LogP) is 3.43. The van der Waals surface area contributed by atoms with E-state index in [1.165, 1.54) is 0 Å². The summed E-state index contributed by atoms with van der Waals surface area (Å²) in [6, 6.07) is 15.1. The number of carbonyl (C=O) groups excluding carboxylic acids is 1. The van der Waals surface area contributed by atoms with Crippen LogP contribution in [0.5, 0.6) is 0 Å². The third kappa shape index (κ3) is 2.84. The summed E-state index contributed by atoms with van der Waals surface area (Å²) >= 11 is 0. The molecular weight excluding hydrogens is 262 g/mol. The maximum absolute atomic E-state index is 12.3. The fourth-order valence-electron chi connectivity index (χ4n) is 2.11. The third-order valence-corrected chi connectivity index (χ3v) is 3.25. The van der Waals surface area contributed by atoms with Gasteiger partial charge in [-0.25, -0.2) is 4.98 Å². The highest BCUT2D eigenvalue weighted by Gasteiger charge is 2.09. The zero-order chi connectivity index (χ0) is 14.7. The lowest BCUT2D eigenvalue weighted by Gasteiger charge is -2.11. The predicted molar refractivity (Wildman–Crippen MR) is 82.7 cm³/mol. The smallest absolute Gasteiger partial charge is 0.255 e. The van der Waals surface area contributed by atoms with E-state index >= 15 is 0 Å². The number of para-hydroxylation sites is 2. The van der Waals surface area contributed by atoms with Crippen LogP contribution < -0.4 is 5.32 Å². The van der Waals surface area contributed by atoms with Crippen LogP contribution in [-0.2, 0) is 0 Å². The Hall–Kier alpha value is -2.88. The van der Waals surface area contributed by atoms with Gasteiger partial charge >= 0.3 is 0 Å². The van der Waals surface area contributed by atoms with E-state index in [1.54, 1.807) is 12.5 Å². The van der Waals surface area contributed by atoms with Crippen LogP contribution in [0.2, 0.25) is 0 Å². The van der Waals surface area contributed by atoms with Crippen LogP contribution in [0.1, 0.15) is 15.9 Å². The molecule has 1 heterocycles. The molecule has 0 bridgehead atoms. The van der Waals surface area contributed by atoms with Crippen molar-refractivity contribution >= 4 is 11.6 Å². The van der Waals surface area contributed by atoms with Crippen molar-refractivity contribution in [2.75, 3.05) is 5.32 Å². The third-order valence-electron chi connectivity index (χ3n) is 3.25. The van der Waals surface area contributed by atoms with Crippen molar-refractivity contribution in [1.29, 1.82) is 0 Å². The minimum absolute atomic E-state index is 0.123. The highest BCUT2D eigenvalue weighted by Crippen LogP contribution is 2.20. The van der Waals surface area contributed by atoms with E-state index in [4.69, 9.17) is 0 Å². The fourth-order valence-corrected chi connectivity index (χ4v) is 2.11. The van der Waals surface area contributed by atoms with E-state index in [9.17, 15) is 4.79 Å². The van der Waals surface area contributed by atoms with Gasteiger partial charge in [0.05, 0.1) is 17.7 Å². The number of imidazole rings is 1. The molecule has 1 aromatic heterocycles. The number of carbonyl (C=O) groups is 1. The van der Waals surface area contributed by atoms with Crippen LogP contribution in [0.25, 0.3) is 5.69 Å². The van der Waals surface area contributed by atoms with E-state index in [0.717, 1.165) is 16.9 Å². The molecule has 4 nitrogen and oxygen atoms in total. The van der Waals surface area contributed by atoms with E-state index in [2.05, 4.69) is 10.3 Å². The Bertz CT molecular complexity index is 746. The molecule has 0 atom stereocenters. The SMILES string of the molecule is Cc1ccc(C(=O)Nc2ccccc2-n2ccnc2)cc1. The summed E-state index contributed by atoms with van der Waals surface area (Å²) < 4.78 is 1.87. The fraction of sp³-hybridized carbons (Fsp3) is 0.0588. The van der Waals surface area contributed by atoms with E-state index in [0.29, 0.717) is 5.56 Å². The number of hydrogen-bond acceptors (Lipinski definition) is 2. The van der Waals surface area contributed by atoms with Crippen LogP contribution >= 0.6 is 0 Å². The second-order valence-corrected chi connectivity index (χ2v) is 4.81. The van der Waals surface area contributed by atoms with E-state index < -0.39 is 0 Å². The molecule has 0 radical (unpaired) electrons. The van der Waals surface area contributed by atoms with Gasteiger partial charge in [-0.05, 0) is 31.2 Å². The van der Waals surface area contributed by atoms with Crippen molar-refractivity contribution in [2.24, 2.45) is 0 Å². The van der Waals surface area contributed by atoms with Crippen molar-refractivity contribution in [1.82, 2.24) is 9.55 Å². The molecule has 104 valence electrons. The Morgan fingerprint density at radius 1 is 1.10 bits per heavy atom. The van der Waals surface area contributed by atoms with Gasteiger partial charge in [0.1, 0.15) is 0 Å². The Balaban J connectivity index is 1.88. The van der Waals surface area contributed by atoms with Gasteiger partial charge in [-0.3, -0.25) is 4.79 Å². The van der Waals surface area contributed by atoms with Gasteiger partial charge in [-0.1, -0.05) is 29.8 Å². The van der Waals surface area contributed by atoms with Gasteiger partial charge in [0.25, 0.3) is 5.91 Å². The number of rotatable bonds is 3. The first kappa shape index (κ1) is 13.1. The molecule has 0 unspecified atom stereocenters. The normalized spacial score (nSPS) is 10.3. The number of aryl methyl sites for hydroxylation is 1. The van der Waals surface area contributed by atoms with E-state index in [-0.39, 0.29) is 5.91 Å². The summed E-state index contributed by atoms with van der Waals surface area (Å²) in [6.45, 7) is 2.00. The summed E-state index contributed by atoms with van der Waals surface area (Å²) in [5, 5.41) is 2.95. The van der Waals surface area contributed by atoms with Crippen molar-refractivity contribution in [2.45, 2.75) is 6.92 Å². The van der Waals surface area contributed by atoms with Crippen LogP contribution in [-0.4, -0.2) is 15.5 Å². The van der Waals surface area contributed by atoms with Gasteiger partial charge in [-0.15, -0.1) is 0 Å². The lowest BCUT2D eigenvalue weighted by atomic mass is 10.1. The standard InChI is InChI=1S/C17H15N3O/c1-13-6-8-14(9-7-13)17(21)19-15-4-2-3-5-16(15)20-11-10-18-12-20/h2-12H,1H3,(H,19,21). The topological polar surface area (TPSA) is 46.9 Å². The molecule has 1 N–H and O–H groups in total. The molecule has 0 saturated carbocycles. The first-order chi connectivity index (χ1) is 10.2. The van der Waals surface area contributed by atoms with Crippen molar-refractivity contribution in [3.05, 3.63) is 78.4 Å². The average Bonchev–Trinajstić information content (AvgIpc) is 3.02. The maximum atomic E-state index is 12.3. The summed E-state index contributed by atoms with van der Waals surface area (Å²) in [6.07, 6.45) is 5.26. The maximum Gasteiger partial charge on any atom is 0.255 e. The molecule has 0 spiro atoms. The Labute approximate surface area is 123 Å². The Morgan fingerprint density at radius 3 is 2.57 bits per heavy atom. The number of nitrogens with zero attached hydrogens (tertiary/aromatic N) is 2. The van der Waals surface area contributed by atoms with Gasteiger partial charge < -0.3 is 9.88 Å². The highest BCUT2D eigenvalue weighted by atomic mass is 16.1. The van der Waals surface area contributed by atoms with E-state index in [1.807, 2.05) is 66.2 Å². The molecule has 1 amide bonds. The Morgan fingerprint density at radius 2 is 1.86 bits per heavy atom. The molecule has 0 fully saturated rings. The first-order valence-corrected chi connectivity index (χ1v) is 6.69. The van der Waals surface area contributed by atoms with Gasteiger partial charge in [0.15, 0.2) is 0 Å². The van der Waals surface area contributed by atoms with Crippen LogP contribution in [0.15, 0.2) is 67.3 Å². The average molecular weight is 277 g/mol. The second kappa shape index (κ2) is 5.63. The number of aromatic nitrogens is 2. The molecule has 0 aliphatic rings. The number of benzene rings is 2.